The maximum absolute atomic E-state index is 12.0. The van der Waals surface area contributed by atoms with Crippen LogP contribution in [0.2, 0.25) is 0 Å². The molecule has 1 fully saturated rings. The van der Waals surface area contributed by atoms with Gasteiger partial charge in [-0.05, 0) is 34.6 Å². The molecule has 23 heavy (non-hydrogen) atoms. The van der Waals surface area contributed by atoms with Crippen LogP contribution in [0.15, 0.2) is 0 Å². The molecule has 1 saturated heterocycles. The summed E-state index contributed by atoms with van der Waals surface area (Å²) in [7, 11) is 0. The van der Waals surface area contributed by atoms with E-state index in [0.29, 0.717) is 0 Å². The van der Waals surface area contributed by atoms with Gasteiger partial charge in [0.1, 0.15) is 12.2 Å². The van der Waals surface area contributed by atoms with Crippen LogP contribution in [0.25, 0.3) is 0 Å². The highest BCUT2D eigenvalue weighted by molar-refractivity contribution is 5.87. The topological polar surface area (TPSA) is 105 Å². The number of amides is 2. The van der Waals surface area contributed by atoms with E-state index >= 15 is 0 Å². The zero-order valence-corrected chi connectivity index (χ0v) is 14.3. The first-order chi connectivity index (χ1) is 10.4. The summed E-state index contributed by atoms with van der Waals surface area (Å²) in [6, 6.07) is 0. The Morgan fingerprint density at radius 3 is 2.39 bits per heavy atom. The Labute approximate surface area is 136 Å². The summed E-state index contributed by atoms with van der Waals surface area (Å²) in [5, 5.41) is 11.9. The van der Waals surface area contributed by atoms with Crippen molar-refractivity contribution >= 4 is 18.0 Å². The maximum Gasteiger partial charge on any atom is 0.408 e. The largest absolute Gasteiger partial charge is 0.479 e. The number of likely N-dealkylation sites (tertiary alicyclic amines) is 1. The first-order valence-electron chi connectivity index (χ1n) is 7.59. The Bertz CT molecular complexity index is 471. The minimum absolute atomic E-state index is 0.0920. The zero-order valence-electron chi connectivity index (χ0n) is 14.3. The average Bonchev–Trinajstić information content (AvgIpc) is 2.79. The molecular weight excluding hydrogens is 304 g/mol. The summed E-state index contributed by atoms with van der Waals surface area (Å²) in [4.78, 5) is 36.9. The summed E-state index contributed by atoms with van der Waals surface area (Å²) >= 11 is 0. The molecule has 1 rings (SSSR count). The van der Waals surface area contributed by atoms with Gasteiger partial charge in [0.2, 0.25) is 5.91 Å². The standard InChI is InChI=1S/C15H26N2O6/c1-10(2)22-8-11(18)17-7-6-15(9-17,12(19)20)16-13(21)23-14(3,4)5/h10H,6-9H2,1-5H3,(H,16,21)(H,19,20). The number of carbonyl (C=O) groups is 3. The average molecular weight is 330 g/mol. The number of nitrogens with one attached hydrogen (secondary N) is 1. The van der Waals surface area contributed by atoms with Crippen molar-refractivity contribution in [1.29, 1.82) is 0 Å². The van der Waals surface area contributed by atoms with E-state index in [1.807, 2.05) is 13.8 Å². The van der Waals surface area contributed by atoms with Crippen molar-refractivity contribution < 1.29 is 29.0 Å². The van der Waals surface area contributed by atoms with Crippen LogP contribution in [0.5, 0.6) is 0 Å². The van der Waals surface area contributed by atoms with Crippen molar-refractivity contribution in [3.63, 3.8) is 0 Å². The Morgan fingerprint density at radius 2 is 1.91 bits per heavy atom. The lowest BCUT2D eigenvalue weighted by atomic mass is 9.99. The van der Waals surface area contributed by atoms with Crippen molar-refractivity contribution in [1.82, 2.24) is 10.2 Å². The van der Waals surface area contributed by atoms with Crippen LogP contribution in [-0.4, -0.2) is 64.9 Å². The molecule has 1 aliphatic rings. The smallest absolute Gasteiger partial charge is 0.408 e. The summed E-state index contributed by atoms with van der Waals surface area (Å²) in [6.45, 7) is 8.70. The van der Waals surface area contributed by atoms with E-state index in [1.54, 1.807) is 20.8 Å². The van der Waals surface area contributed by atoms with Gasteiger partial charge in [-0.1, -0.05) is 0 Å². The third-order valence-corrected chi connectivity index (χ3v) is 3.31. The molecule has 132 valence electrons. The van der Waals surface area contributed by atoms with E-state index in [9.17, 15) is 19.5 Å². The molecule has 0 aromatic heterocycles. The van der Waals surface area contributed by atoms with Crippen LogP contribution < -0.4 is 5.32 Å². The minimum Gasteiger partial charge on any atom is -0.479 e. The number of hydrogen-bond acceptors (Lipinski definition) is 5. The van der Waals surface area contributed by atoms with E-state index in [4.69, 9.17) is 9.47 Å². The minimum atomic E-state index is -1.53. The lowest BCUT2D eigenvalue weighted by molar-refractivity contribution is -0.145. The molecule has 1 atom stereocenters. The molecule has 0 aliphatic carbocycles. The van der Waals surface area contributed by atoms with Crippen molar-refractivity contribution in [2.24, 2.45) is 0 Å². The van der Waals surface area contributed by atoms with Gasteiger partial charge in [0.05, 0.1) is 12.6 Å². The van der Waals surface area contributed by atoms with E-state index in [-0.39, 0.29) is 38.1 Å². The summed E-state index contributed by atoms with van der Waals surface area (Å²) in [5.41, 5.74) is -2.27. The lowest BCUT2D eigenvalue weighted by Crippen LogP contribution is -2.57. The van der Waals surface area contributed by atoms with Crippen LogP contribution in [0.3, 0.4) is 0 Å². The highest BCUT2D eigenvalue weighted by Crippen LogP contribution is 2.23. The third-order valence-electron chi connectivity index (χ3n) is 3.31. The normalized spacial score (nSPS) is 21.4. The Kier molecular flexibility index (Phi) is 5.98. The third kappa shape index (κ3) is 5.70. The van der Waals surface area contributed by atoms with Crippen LogP contribution in [0.4, 0.5) is 4.79 Å². The molecule has 0 bridgehead atoms. The van der Waals surface area contributed by atoms with Crippen molar-refractivity contribution in [3.8, 4) is 0 Å². The van der Waals surface area contributed by atoms with Gasteiger partial charge in [-0.15, -0.1) is 0 Å². The molecule has 0 aromatic carbocycles. The fourth-order valence-corrected chi connectivity index (χ4v) is 2.18. The monoisotopic (exact) mass is 330 g/mol. The predicted molar refractivity (Wildman–Crippen MR) is 82.0 cm³/mol. The molecule has 0 radical (unpaired) electrons. The first kappa shape index (κ1) is 19.2. The van der Waals surface area contributed by atoms with Gasteiger partial charge in [-0.25, -0.2) is 9.59 Å². The van der Waals surface area contributed by atoms with Gasteiger partial charge in [-0.3, -0.25) is 4.79 Å². The number of carboxylic acid groups (broad SMARTS) is 1. The van der Waals surface area contributed by atoms with Gasteiger partial charge < -0.3 is 24.8 Å². The van der Waals surface area contributed by atoms with Gasteiger partial charge in [-0.2, -0.15) is 0 Å². The molecular formula is C15H26N2O6. The molecule has 1 heterocycles. The number of carboxylic acids is 1. The van der Waals surface area contributed by atoms with Gasteiger partial charge in [0.15, 0.2) is 5.54 Å². The highest BCUT2D eigenvalue weighted by atomic mass is 16.6. The van der Waals surface area contributed by atoms with E-state index in [2.05, 4.69) is 5.32 Å². The number of hydrogen-bond donors (Lipinski definition) is 2. The van der Waals surface area contributed by atoms with Crippen molar-refractivity contribution in [2.75, 3.05) is 19.7 Å². The van der Waals surface area contributed by atoms with Crippen LogP contribution in [0, 0.1) is 0 Å². The number of aliphatic carboxylic acids is 1. The predicted octanol–water partition coefficient (Wildman–Crippen LogP) is 0.992. The van der Waals surface area contributed by atoms with E-state index in [1.165, 1.54) is 4.90 Å². The summed E-state index contributed by atoms with van der Waals surface area (Å²) < 4.78 is 10.3. The number of rotatable bonds is 5. The highest BCUT2D eigenvalue weighted by Gasteiger charge is 2.48. The van der Waals surface area contributed by atoms with Gasteiger partial charge in [0, 0.05) is 13.0 Å². The Hall–Kier alpha value is -1.83. The lowest BCUT2D eigenvalue weighted by Gasteiger charge is -2.28. The fourth-order valence-electron chi connectivity index (χ4n) is 2.18. The Morgan fingerprint density at radius 1 is 1.30 bits per heavy atom. The number of carbonyl (C=O) groups excluding carboxylic acids is 2. The molecule has 0 aromatic rings. The molecule has 0 saturated carbocycles. The second-order valence-electron chi connectivity index (χ2n) is 6.94. The number of ether oxygens (including phenoxy) is 2. The fraction of sp³-hybridized carbons (Fsp3) is 0.800. The molecule has 2 amide bonds. The SMILES string of the molecule is CC(C)OCC(=O)N1CCC(NC(=O)OC(C)(C)C)(C(=O)O)C1. The maximum atomic E-state index is 12.0. The molecule has 1 aliphatic heterocycles. The summed E-state index contributed by atoms with van der Waals surface area (Å²) in [5.74, 6) is -1.49. The Balaban J connectivity index is 2.71. The van der Waals surface area contributed by atoms with Gasteiger partial charge >= 0.3 is 12.1 Å². The van der Waals surface area contributed by atoms with E-state index in [0.717, 1.165) is 0 Å². The van der Waals surface area contributed by atoms with Gasteiger partial charge in [0.25, 0.3) is 0 Å². The van der Waals surface area contributed by atoms with Crippen LogP contribution in [-0.2, 0) is 19.1 Å². The first-order valence-corrected chi connectivity index (χ1v) is 7.59. The number of nitrogens with zero attached hydrogens (tertiary/aromatic N) is 1. The molecule has 2 N–H and O–H groups in total. The molecule has 8 nitrogen and oxygen atoms in total. The molecule has 8 heteroatoms. The van der Waals surface area contributed by atoms with Crippen molar-refractivity contribution in [3.05, 3.63) is 0 Å². The van der Waals surface area contributed by atoms with Crippen LogP contribution in [0.1, 0.15) is 41.0 Å². The summed E-state index contributed by atoms with van der Waals surface area (Å²) in [6.07, 6.45) is -0.784. The zero-order chi connectivity index (χ0) is 17.8. The quantitative estimate of drug-likeness (QED) is 0.779. The van der Waals surface area contributed by atoms with Crippen LogP contribution >= 0.6 is 0 Å². The molecule has 0 spiro atoms. The molecule has 1 unspecified atom stereocenters. The second-order valence-corrected chi connectivity index (χ2v) is 6.94. The number of alkyl carbamates (subject to hydrolysis) is 1. The van der Waals surface area contributed by atoms with Crippen molar-refractivity contribution in [2.45, 2.75) is 58.3 Å². The second kappa shape index (κ2) is 7.16. The van der Waals surface area contributed by atoms with E-state index < -0.39 is 23.2 Å².